The maximum atomic E-state index is 12.5. The van der Waals surface area contributed by atoms with Gasteiger partial charge in [-0.05, 0) is 43.5 Å². The van der Waals surface area contributed by atoms with Gasteiger partial charge in [0.05, 0.1) is 0 Å². The second-order valence-corrected chi connectivity index (χ2v) is 5.50. The molecule has 2 unspecified atom stereocenters. The van der Waals surface area contributed by atoms with Crippen molar-refractivity contribution in [2.24, 2.45) is 11.7 Å². The fourth-order valence-corrected chi connectivity index (χ4v) is 2.64. The van der Waals surface area contributed by atoms with E-state index in [4.69, 9.17) is 22.4 Å². The first-order chi connectivity index (χ1) is 9.47. The molecule has 1 aliphatic carbocycles. The predicted molar refractivity (Wildman–Crippen MR) is 76.8 cm³/mol. The van der Waals surface area contributed by atoms with Gasteiger partial charge < -0.3 is 15.7 Å². The van der Waals surface area contributed by atoms with Crippen LogP contribution in [-0.2, 0) is 9.59 Å². The summed E-state index contributed by atoms with van der Waals surface area (Å²) in [5, 5.41) is 9.54. The van der Waals surface area contributed by atoms with Gasteiger partial charge in [0.2, 0.25) is 5.91 Å². The zero-order valence-corrected chi connectivity index (χ0v) is 11.7. The molecule has 0 radical (unpaired) electrons. The molecule has 0 bridgehead atoms. The van der Waals surface area contributed by atoms with Crippen LogP contribution in [0.1, 0.15) is 19.3 Å². The normalized spacial score (nSPS) is 21.7. The maximum absolute atomic E-state index is 12.5. The third-order valence-electron chi connectivity index (χ3n) is 3.52. The molecule has 1 fully saturated rings. The summed E-state index contributed by atoms with van der Waals surface area (Å²) in [6.45, 7) is -0.355. The Morgan fingerprint density at radius 3 is 2.45 bits per heavy atom. The van der Waals surface area contributed by atoms with Crippen LogP contribution in [0.3, 0.4) is 0 Å². The minimum absolute atomic E-state index is 0.0286. The zero-order chi connectivity index (χ0) is 14.7. The molecule has 0 saturated heterocycles. The van der Waals surface area contributed by atoms with Crippen LogP contribution in [0.5, 0.6) is 0 Å². The zero-order valence-electron chi connectivity index (χ0n) is 11.0. The third kappa shape index (κ3) is 3.49. The van der Waals surface area contributed by atoms with Crippen molar-refractivity contribution < 1.29 is 14.7 Å². The van der Waals surface area contributed by atoms with E-state index in [1.165, 1.54) is 4.90 Å². The summed E-state index contributed by atoms with van der Waals surface area (Å²) < 4.78 is 0. The molecule has 108 valence electrons. The number of hydrogen-bond donors (Lipinski definition) is 2. The Kier molecular flexibility index (Phi) is 4.62. The Morgan fingerprint density at radius 2 is 1.95 bits per heavy atom. The van der Waals surface area contributed by atoms with Crippen LogP contribution in [0.4, 0.5) is 5.69 Å². The molecule has 3 N–H and O–H groups in total. The van der Waals surface area contributed by atoms with Crippen LogP contribution in [0.2, 0.25) is 5.02 Å². The molecule has 2 atom stereocenters. The highest BCUT2D eigenvalue weighted by molar-refractivity contribution is 6.30. The van der Waals surface area contributed by atoms with E-state index in [-0.39, 0.29) is 24.4 Å². The minimum Gasteiger partial charge on any atom is -0.480 e. The van der Waals surface area contributed by atoms with Crippen LogP contribution >= 0.6 is 11.6 Å². The fourth-order valence-electron chi connectivity index (χ4n) is 2.51. The summed E-state index contributed by atoms with van der Waals surface area (Å²) in [6, 6.07) is 6.61. The molecule has 0 spiro atoms. The third-order valence-corrected chi connectivity index (χ3v) is 3.77. The monoisotopic (exact) mass is 296 g/mol. The summed E-state index contributed by atoms with van der Waals surface area (Å²) in [5.41, 5.74) is 6.36. The van der Waals surface area contributed by atoms with E-state index in [0.29, 0.717) is 23.6 Å². The topological polar surface area (TPSA) is 83.6 Å². The lowest BCUT2D eigenvalue weighted by atomic mass is 10.1. The van der Waals surface area contributed by atoms with Crippen LogP contribution in [0.15, 0.2) is 24.3 Å². The molecule has 0 heterocycles. The molecule has 5 nitrogen and oxygen atoms in total. The number of aliphatic carboxylic acids is 1. The number of carbonyl (C=O) groups is 2. The number of benzene rings is 1. The van der Waals surface area contributed by atoms with Gasteiger partial charge in [0.15, 0.2) is 0 Å². The van der Waals surface area contributed by atoms with Crippen LogP contribution in [0.25, 0.3) is 0 Å². The first-order valence-electron chi connectivity index (χ1n) is 6.51. The highest BCUT2D eigenvalue weighted by Gasteiger charge is 2.32. The number of carboxylic acids is 1. The maximum Gasteiger partial charge on any atom is 0.323 e. The number of carbonyl (C=O) groups excluding carboxylic acids is 1. The summed E-state index contributed by atoms with van der Waals surface area (Å²) in [5.74, 6) is -1.42. The molecule has 1 aromatic rings. The Balaban J connectivity index is 2.20. The van der Waals surface area contributed by atoms with Gasteiger partial charge in [-0.2, -0.15) is 0 Å². The molecule has 1 aromatic carbocycles. The minimum atomic E-state index is -1.05. The SMILES string of the molecule is NC1CCC(C(=O)N(CC(=O)O)c2ccc(Cl)cc2)C1. The van der Waals surface area contributed by atoms with Crippen molar-refractivity contribution in [2.75, 3.05) is 11.4 Å². The van der Waals surface area contributed by atoms with Crippen molar-refractivity contribution in [3.63, 3.8) is 0 Å². The van der Waals surface area contributed by atoms with E-state index < -0.39 is 5.97 Å². The number of anilines is 1. The van der Waals surface area contributed by atoms with Crippen molar-refractivity contribution in [1.82, 2.24) is 0 Å². The molecule has 20 heavy (non-hydrogen) atoms. The number of carboxylic acid groups (broad SMARTS) is 1. The molecule has 1 amide bonds. The highest BCUT2D eigenvalue weighted by atomic mass is 35.5. The van der Waals surface area contributed by atoms with Crippen molar-refractivity contribution in [2.45, 2.75) is 25.3 Å². The number of halogens is 1. The standard InChI is InChI=1S/C14H17ClN2O3/c15-10-2-5-12(6-3-10)17(8-13(18)19)14(20)9-1-4-11(16)7-9/h2-3,5-6,9,11H,1,4,7-8,16H2,(H,18,19). The number of rotatable bonds is 4. The summed E-state index contributed by atoms with van der Waals surface area (Å²) in [6.07, 6.45) is 2.13. The lowest BCUT2D eigenvalue weighted by molar-refractivity contribution is -0.137. The van der Waals surface area contributed by atoms with E-state index in [1.54, 1.807) is 24.3 Å². The second kappa shape index (κ2) is 6.24. The van der Waals surface area contributed by atoms with Gasteiger partial charge >= 0.3 is 5.97 Å². The van der Waals surface area contributed by atoms with Gasteiger partial charge in [-0.25, -0.2) is 0 Å². The molecule has 0 aromatic heterocycles. The van der Waals surface area contributed by atoms with Crippen molar-refractivity contribution >= 4 is 29.2 Å². The lowest BCUT2D eigenvalue weighted by Crippen LogP contribution is -2.39. The Labute approximate surface area is 122 Å². The van der Waals surface area contributed by atoms with Crippen LogP contribution in [-0.4, -0.2) is 29.6 Å². The molecular formula is C14H17ClN2O3. The van der Waals surface area contributed by atoms with E-state index in [2.05, 4.69) is 0 Å². The van der Waals surface area contributed by atoms with Gasteiger partial charge in [-0.3, -0.25) is 9.59 Å². The average molecular weight is 297 g/mol. The fraction of sp³-hybridized carbons (Fsp3) is 0.429. The van der Waals surface area contributed by atoms with Gasteiger partial charge in [0.1, 0.15) is 6.54 Å². The average Bonchev–Trinajstić information content (AvgIpc) is 2.83. The second-order valence-electron chi connectivity index (χ2n) is 5.06. The summed E-state index contributed by atoms with van der Waals surface area (Å²) in [4.78, 5) is 24.8. The molecular weight excluding hydrogens is 280 g/mol. The Morgan fingerprint density at radius 1 is 1.30 bits per heavy atom. The first kappa shape index (κ1) is 14.8. The van der Waals surface area contributed by atoms with Crippen molar-refractivity contribution in [1.29, 1.82) is 0 Å². The quantitative estimate of drug-likeness (QED) is 0.888. The molecule has 6 heteroatoms. The van der Waals surface area contributed by atoms with Crippen molar-refractivity contribution in [3.8, 4) is 0 Å². The van der Waals surface area contributed by atoms with E-state index >= 15 is 0 Å². The molecule has 1 saturated carbocycles. The van der Waals surface area contributed by atoms with Gasteiger partial charge in [-0.1, -0.05) is 11.6 Å². The highest BCUT2D eigenvalue weighted by Crippen LogP contribution is 2.28. The van der Waals surface area contributed by atoms with Crippen LogP contribution in [0, 0.1) is 5.92 Å². The predicted octanol–water partition coefficient (Wildman–Crippen LogP) is 1.89. The van der Waals surface area contributed by atoms with Gasteiger partial charge in [-0.15, -0.1) is 0 Å². The van der Waals surface area contributed by atoms with Crippen LogP contribution < -0.4 is 10.6 Å². The number of hydrogen-bond acceptors (Lipinski definition) is 3. The van der Waals surface area contributed by atoms with E-state index in [9.17, 15) is 9.59 Å². The first-order valence-corrected chi connectivity index (χ1v) is 6.89. The summed E-state index contributed by atoms with van der Waals surface area (Å²) >= 11 is 5.81. The Bertz CT molecular complexity index is 504. The van der Waals surface area contributed by atoms with Crippen molar-refractivity contribution in [3.05, 3.63) is 29.3 Å². The van der Waals surface area contributed by atoms with E-state index in [0.717, 1.165) is 6.42 Å². The summed E-state index contributed by atoms with van der Waals surface area (Å²) in [7, 11) is 0. The number of nitrogens with two attached hydrogens (primary N) is 1. The molecule has 0 aliphatic heterocycles. The lowest BCUT2D eigenvalue weighted by Gasteiger charge is -2.24. The number of amides is 1. The number of nitrogens with zero attached hydrogens (tertiary/aromatic N) is 1. The smallest absolute Gasteiger partial charge is 0.323 e. The van der Waals surface area contributed by atoms with E-state index in [1.807, 2.05) is 0 Å². The van der Waals surface area contributed by atoms with Gasteiger partial charge in [0.25, 0.3) is 0 Å². The van der Waals surface area contributed by atoms with Gasteiger partial charge in [0, 0.05) is 22.7 Å². The largest absolute Gasteiger partial charge is 0.480 e. The Hall–Kier alpha value is -1.59. The molecule has 2 rings (SSSR count). The molecule has 1 aliphatic rings.